The molecule has 0 fully saturated rings. The molecule has 2 aliphatic rings. The molecule has 0 bridgehead atoms. The third kappa shape index (κ3) is 2.73. The van der Waals surface area contributed by atoms with Crippen LogP contribution in [0.2, 0.25) is 0 Å². The number of nitrogens with zero attached hydrogens (tertiary/aromatic N) is 2. The van der Waals surface area contributed by atoms with Crippen molar-refractivity contribution in [3.8, 4) is 11.4 Å². The number of benzene rings is 3. The Morgan fingerprint density at radius 2 is 1.00 bits per heavy atom. The van der Waals surface area contributed by atoms with E-state index in [0.29, 0.717) is 0 Å². The highest BCUT2D eigenvalue weighted by molar-refractivity contribution is 7.00. The Morgan fingerprint density at radius 3 is 1.38 bits per heavy atom. The van der Waals surface area contributed by atoms with Gasteiger partial charge in [-0.1, -0.05) is 59.7 Å². The van der Waals surface area contributed by atoms with Crippen molar-refractivity contribution in [2.75, 3.05) is 0 Å². The van der Waals surface area contributed by atoms with Gasteiger partial charge in [0.05, 0.1) is 0 Å². The highest BCUT2D eigenvalue weighted by Gasteiger charge is 2.42. The molecule has 2 aliphatic heterocycles. The van der Waals surface area contributed by atoms with Crippen molar-refractivity contribution < 1.29 is 0 Å². The van der Waals surface area contributed by atoms with Crippen molar-refractivity contribution in [3.63, 3.8) is 0 Å². The lowest BCUT2D eigenvalue weighted by atomic mass is 9.34. The first-order valence-electron chi connectivity index (χ1n) is 13.8. The third-order valence-corrected chi connectivity index (χ3v) is 9.47. The van der Waals surface area contributed by atoms with E-state index in [-0.39, 0.29) is 17.5 Å². The second-order valence-electron chi connectivity index (χ2n) is 13.7. The zero-order valence-electron chi connectivity index (χ0n) is 24.0. The van der Waals surface area contributed by atoms with Crippen LogP contribution in [0.25, 0.3) is 33.2 Å². The molecule has 186 valence electrons. The molecule has 0 unspecified atom stereocenters. The molecule has 0 saturated carbocycles. The molecule has 5 aromatic rings. The fourth-order valence-electron chi connectivity index (χ4n) is 7.06. The van der Waals surface area contributed by atoms with Gasteiger partial charge in [0.1, 0.15) is 0 Å². The van der Waals surface area contributed by atoms with Crippen molar-refractivity contribution >= 4 is 44.9 Å². The first-order chi connectivity index (χ1) is 17.3. The van der Waals surface area contributed by atoms with Crippen LogP contribution >= 0.6 is 0 Å². The van der Waals surface area contributed by atoms with E-state index in [1.165, 1.54) is 83.2 Å². The van der Waals surface area contributed by atoms with Gasteiger partial charge in [0.25, 0.3) is 6.71 Å². The molecule has 0 atom stereocenters. The predicted molar refractivity (Wildman–Crippen MR) is 161 cm³/mol. The monoisotopic (exact) mass is 484 g/mol. The maximum atomic E-state index is 2.56. The summed E-state index contributed by atoms with van der Waals surface area (Å²) < 4.78 is 5.12. The van der Waals surface area contributed by atoms with E-state index in [0.717, 1.165) is 0 Å². The summed E-state index contributed by atoms with van der Waals surface area (Å²) in [6.45, 7) is 23.5. The molecule has 0 spiro atoms. The van der Waals surface area contributed by atoms with Crippen LogP contribution in [0.3, 0.4) is 0 Å². The Hall–Kier alpha value is -3.20. The molecule has 0 radical (unpaired) electrons. The highest BCUT2D eigenvalue weighted by Crippen LogP contribution is 2.39. The molecule has 2 nitrogen and oxygen atoms in total. The Bertz CT molecular complexity index is 1700. The molecule has 3 aromatic carbocycles. The van der Waals surface area contributed by atoms with Gasteiger partial charge in [-0.15, -0.1) is 0 Å². The van der Waals surface area contributed by atoms with Gasteiger partial charge in [-0.3, -0.25) is 0 Å². The highest BCUT2D eigenvalue weighted by atomic mass is 15.0. The van der Waals surface area contributed by atoms with Crippen LogP contribution in [0.1, 0.15) is 75.2 Å². The fraction of sp³-hybridized carbons (Fsp3) is 0.353. The molecule has 4 heterocycles. The van der Waals surface area contributed by atoms with Crippen molar-refractivity contribution in [2.45, 2.75) is 80.1 Å². The minimum atomic E-state index is 0.0809. The molecular weight excluding hydrogens is 447 g/mol. The number of fused-ring (bicyclic) bond motifs is 4. The molecule has 0 amide bonds. The van der Waals surface area contributed by atoms with E-state index < -0.39 is 0 Å². The predicted octanol–water partition coefficient (Wildman–Crippen LogP) is 6.55. The van der Waals surface area contributed by atoms with Gasteiger partial charge in [-0.25, -0.2) is 0 Å². The van der Waals surface area contributed by atoms with E-state index in [1.54, 1.807) is 0 Å². The van der Waals surface area contributed by atoms with Gasteiger partial charge >= 0.3 is 0 Å². The number of rotatable bonds is 0. The SMILES string of the molecule is Cc1c(C)n2c3c(cc(C(C)(C)C)cc13)B1c3c-2cccc3-n2c(C)c(C)c3cc(C(C)(C)C)cc1c32. The van der Waals surface area contributed by atoms with Gasteiger partial charge in [0.15, 0.2) is 0 Å². The average molecular weight is 484 g/mol. The summed E-state index contributed by atoms with van der Waals surface area (Å²) in [7, 11) is 0. The first kappa shape index (κ1) is 23.0. The molecule has 0 aliphatic carbocycles. The topological polar surface area (TPSA) is 9.86 Å². The van der Waals surface area contributed by atoms with Crippen LogP contribution in [0, 0.1) is 27.7 Å². The van der Waals surface area contributed by atoms with Crippen molar-refractivity contribution in [1.82, 2.24) is 9.13 Å². The summed E-state index contributed by atoms with van der Waals surface area (Å²) in [6, 6.07) is 17.0. The normalized spacial score (nSPS) is 14.2. The van der Waals surface area contributed by atoms with Crippen LogP contribution < -0.4 is 16.4 Å². The second-order valence-corrected chi connectivity index (χ2v) is 13.7. The lowest BCUT2D eigenvalue weighted by Gasteiger charge is -2.35. The smallest absolute Gasteiger partial charge is 0.252 e. The van der Waals surface area contributed by atoms with Crippen LogP contribution in [-0.4, -0.2) is 15.8 Å². The summed E-state index contributed by atoms with van der Waals surface area (Å²) in [5.74, 6) is 0. The van der Waals surface area contributed by atoms with E-state index in [4.69, 9.17) is 0 Å². The zero-order chi connectivity index (χ0) is 26.3. The number of aryl methyl sites for hydroxylation is 2. The second kappa shape index (κ2) is 6.81. The standard InChI is InChI=1S/C34H37BN2/c1-18-20(3)36-28-12-11-13-29-30(28)35(26-16-22(33(5,6)7)14-24(18)31(26)36)27-17-23(34(8,9)10)15-25-19(2)21(4)37(29)32(25)27/h11-17H,1-10H3. The lowest BCUT2D eigenvalue weighted by Crippen LogP contribution is -2.60. The lowest BCUT2D eigenvalue weighted by molar-refractivity contribution is 0.591. The van der Waals surface area contributed by atoms with Gasteiger partial charge < -0.3 is 9.13 Å². The number of hydrogen-bond donors (Lipinski definition) is 0. The van der Waals surface area contributed by atoms with Gasteiger partial charge in [0, 0.05) is 44.6 Å². The minimum Gasteiger partial charge on any atom is -0.315 e. The van der Waals surface area contributed by atoms with E-state index in [2.05, 4.69) is 121 Å². The van der Waals surface area contributed by atoms with Crippen LogP contribution in [0.15, 0.2) is 42.5 Å². The molecule has 2 aromatic heterocycles. The largest absolute Gasteiger partial charge is 0.315 e. The Kier molecular flexibility index (Phi) is 4.23. The van der Waals surface area contributed by atoms with Gasteiger partial charge in [0.2, 0.25) is 0 Å². The minimum absolute atomic E-state index is 0.0809. The van der Waals surface area contributed by atoms with Crippen molar-refractivity contribution in [1.29, 1.82) is 0 Å². The number of aromatic nitrogens is 2. The van der Waals surface area contributed by atoms with E-state index in [9.17, 15) is 0 Å². The molecule has 0 N–H and O–H groups in total. The molecule has 37 heavy (non-hydrogen) atoms. The van der Waals surface area contributed by atoms with Crippen molar-refractivity contribution in [2.24, 2.45) is 0 Å². The Balaban J connectivity index is 1.74. The maximum absolute atomic E-state index is 2.56. The quantitative estimate of drug-likeness (QED) is 0.216. The zero-order valence-corrected chi connectivity index (χ0v) is 24.0. The summed E-state index contributed by atoms with van der Waals surface area (Å²) in [5, 5.41) is 2.82. The molecular formula is C34H37BN2. The third-order valence-electron chi connectivity index (χ3n) is 9.47. The fourth-order valence-corrected chi connectivity index (χ4v) is 7.06. The molecule has 3 heteroatoms. The van der Waals surface area contributed by atoms with Crippen LogP contribution in [0.5, 0.6) is 0 Å². The number of hydrogen-bond acceptors (Lipinski definition) is 0. The van der Waals surface area contributed by atoms with Gasteiger partial charge in [-0.2, -0.15) is 0 Å². The van der Waals surface area contributed by atoms with Crippen molar-refractivity contribution in [3.05, 3.63) is 76.1 Å². The maximum Gasteiger partial charge on any atom is 0.252 e. The summed E-state index contributed by atoms with van der Waals surface area (Å²) in [5.41, 5.74) is 18.4. The van der Waals surface area contributed by atoms with Gasteiger partial charge in [-0.05, 0) is 101 Å². The summed E-state index contributed by atoms with van der Waals surface area (Å²) >= 11 is 0. The summed E-state index contributed by atoms with van der Waals surface area (Å²) in [4.78, 5) is 0. The Labute approximate surface area is 221 Å². The van der Waals surface area contributed by atoms with Crippen LogP contribution in [0.4, 0.5) is 0 Å². The van der Waals surface area contributed by atoms with E-state index in [1.807, 2.05) is 0 Å². The Morgan fingerprint density at radius 1 is 0.595 bits per heavy atom. The van der Waals surface area contributed by atoms with E-state index >= 15 is 0 Å². The first-order valence-corrected chi connectivity index (χ1v) is 13.8. The molecule has 0 saturated heterocycles. The van der Waals surface area contributed by atoms with Crippen LogP contribution in [-0.2, 0) is 10.8 Å². The molecule has 7 rings (SSSR count). The average Bonchev–Trinajstić information content (AvgIpc) is 3.24. The summed E-state index contributed by atoms with van der Waals surface area (Å²) in [6.07, 6.45) is 0.